The highest BCUT2D eigenvalue weighted by atomic mass is 16.5. The highest BCUT2D eigenvalue weighted by Crippen LogP contribution is 2.46. The van der Waals surface area contributed by atoms with Crippen molar-refractivity contribution in [3.05, 3.63) is 53.4 Å². The number of carbonyl (C=O) groups is 4. The smallest absolute Gasteiger partial charge is 0.324 e. The maximum Gasteiger partial charge on any atom is 0.324 e. The molecule has 18 nitrogen and oxygen atoms in total. The number of nitrogens with one attached hydrogen (secondary N) is 3. The Morgan fingerprint density at radius 1 is 0.951 bits per heavy atom. The third-order valence-electron chi connectivity index (χ3n) is 20.6. The zero-order valence-corrected chi connectivity index (χ0v) is 48.9. The molecule has 3 N–H and O–H groups in total. The van der Waals surface area contributed by atoms with Crippen LogP contribution in [0.4, 0.5) is 5.69 Å². The van der Waals surface area contributed by atoms with Crippen LogP contribution in [-0.4, -0.2) is 200 Å². The number of ether oxygens (including phenoxy) is 3. The van der Waals surface area contributed by atoms with Gasteiger partial charge in [-0.3, -0.25) is 49.2 Å². The van der Waals surface area contributed by atoms with Crippen molar-refractivity contribution in [2.24, 2.45) is 22.7 Å². The van der Waals surface area contributed by atoms with Gasteiger partial charge in [0.1, 0.15) is 18.1 Å². The van der Waals surface area contributed by atoms with Crippen molar-refractivity contribution < 1.29 is 33.4 Å². The van der Waals surface area contributed by atoms with Gasteiger partial charge in [0.05, 0.1) is 61.3 Å². The number of carbonyl (C=O) groups excluding carboxylic acids is 4. The van der Waals surface area contributed by atoms with Crippen LogP contribution in [0.1, 0.15) is 121 Å². The van der Waals surface area contributed by atoms with Crippen molar-refractivity contribution in [1.29, 1.82) is 0 Å². The quantitative estimate of drug-likeness (QED) is 0.165. The Hall–Kier alpha value is -4.95. The van der Waals surface area contributed by atoms with E-state index >= 15 is 9.59 Å². The van der Waals surface area contributed by atoms with E-state index in [1.54, 1.807) is 12.1 Å². The van der Waals surface area contributed by atoms with Crippen LogP contribution in [0.15, 0.2) is 36.5 Å². The Morgan fingerprint density at radius 3 is 2.60 bits per heavy atom. The van der Waals surface area contributed by atoms with E-state index in [4.69, 9.17) is 19.2 Å². The molecule has 0 radical (unpaired) electrons. The number of cyclic esters (lactones) is 1. The van der Waals surface area contributed by atoms with Crippen LogP contribution in [0.3, 0.4) is 0 Å². The van der Waals surface area contributed by atoms with Gasteiger partial charge in [-0.15, -0.1) is 0 Å². The molecule has 81 heavy (non-hydrogen) atoms. The number of aromatic nitrogens is 2. The average molecular weight is 1110 g/mol. The number of nitrogens with zero attached hydrogens (tertiary/aromatic N) is 8. The van der Waals surface area contributed by atoms with Crippen molar-refractivity contribution >= 4 is 45.9 Å². The second kappa shape index (κ2) is 22.6. The van der Waals surface area contributed by atoms with Crippen LogP contribution in [0.25, 0.3) is 27.7 Å². The summed E-state index contributed by atoms with van der Waals surface area (Å²) in [6.07, 6.45) is 15.2. The Kier molecular flexibility index (Phi) is 15.4. The molecule has 2 aliphatic carbocycles. The molecule has 1 aromatic carbocycles. The molecule has 6 bridgehead atoms. The number of methoxy groups -OCH3 is 1. The monoisotopic (exact) mass is 1110 g/mol. The zero-order chi connectivity index (χ0) is 55.7. The van der Waals surface area contributed by atoms with Crippen molar-refractivity contribution in [2.45, 2.75) is 154 Å². The van der Waals surface area contributed by atoms with Gasteiger partial charge in [-0.05, 0) is 131 Å². The first-order valence-corrected chi connectivity index (χ1v) is 31.3. The van der Waals surface area contributed by atoms with Crippen LogP contribution in [0.2, 0.25) is 0 Å². The fourth-order valence-corrected chi connectivity index (χ4v) is 15.8. The van der Waals surface area contributed by atoms with Crippen molar-refractivity contribution in [2.75, 3.05) is 110 Å². The van der Waals surface area contributed by atoms with Crippen LogP contribution in [-0.2, 0) is 46.4 Å². The highest BCUT2D eigenvalue weighted by Gasteiger charge is 2.55. The molecule has 8 aliphatic heterocycles. The summed E-state index contributed by atoms with van der Waals surface area (Å²) in [6.45, 7) is 20.0. The number of amides is 3. The normalized spacial score (nSPS) is 31.2. The molecule has 3 aromatic rings. The second-order valence-electron chi connectivity index (χ2n) is 26.8. The first-order valence-electron chi connectivity index (χ1n) is 31.3. The number of likely N-dealkylation sites (tertiary alicyclic amines) is 2. The van der Waals surface area contributed by atoms with Gasteiger partial charge in [-0.1, -0.05) is 38.8 Å². The molecule has 10 heterocycles. The van der Waals surface area contributed by atoms with E-state index < -0.39 is 17.5 Å². The summed E-state index contributed by atoms with van der Waals surface area (Å²) in [6, 6.07) is 7.97. The lowest BCUT2D eigenvalue weighted by atomic mass is 9.84. The summed E-state index contributed by atoms with van der Waals surface area (Å²) >= 11 is 0. The van der Waals surface area contributed by atoms with E-state index in [1.165, 1.54) is 24.0 Å². The number of benzene rings is 1. The van der Waals surface area contributed by atoms with Gasteiger partial charge in [-0.25, -0.2) is 5.43 Å². The van der Waals surface area contributed by atoms with E-state index in [0.29, 0.717) is 56.9 Å². The van der Waals surface area contributed by atoms with Crippen LogP contribution < -0.4 is 21.0 Å². The maximum atomic E-state index is 15.3. The Bertz CT molecular complexity index is 2920. The number of piperazine rings is 1. The lowest BCUT2D eigenvalue weighted by Gasteiger charge is -2.44. The zero-order valence-electron chi connectivity index (χ0n) is 48.9. The number of hydrogen-bond donors (Lipinski definition) is 3. The van der Waals surface area contributed by atoms with E-state index in [-0.39, 0.29) is 59.8 Å². The SMILES string of the molecule is CCn1c(-c2cc(N3CCN4CCOC[C@@H]4C3)cnc2[C@H](C)OC)c2c3cc(ccc31)C1=CCCN(C1)C[C@H](NC(=O)C(C1CCCC1)N1CC[C@]3(CCN(C(=O)[C@@H]4NC4C4CC4)C3)C1)C(=O)N1CCC[C@H](N1)C(=O)OCC(C)(C)C2. The minimum atomic E-state index is -0.856. The number of esters is 1. The molecule has 3 unspecified atom stereocenters. The molecule has 13 rings (SSSR count). The van der Waals surface area contributed by atoms with Crippen molar-refractivity contribution in [3.63, 3.8) is 0 Å². The van der Waals surface area contributed by atoms with E-state index in [0.717, 1.165) is 163 Å². The Labute approximate surface area is 478 Å². The summed E-state index contributed by atoms with van der Waals surface area (Å²) in [5.74, 6) is 0.427. The minimum Gasteiger partial charge on any atom is -0.464 e. The summed E-state index contributed by atoms with van der Waals surface area (Å²) in [7, 11) is 1.75. The number of aryl methyl sites for hydroxylation is 1. The number of hydrogen-bond acceptors (Lipinski definition) is 14. The second-order valence-corrected chi connectivity index (χ2v) is 26.8. The predicted molar refractivity (Wildman–Crippen MR) is 311 cm³/mol. The summed E-state index contributed by atoms with van der Waals surface area (Å²) in [4.78, 5) is 75.7. The lowest BCUT2D eigenvalue weighted by Crippen LogP contribution is -2.63. The fraction of sp³-hybridized carbons (Fsp3) is 0.698. The summed E-state index contributed by atoms with van der Waals surface area (Å²) < 4.78 is 20.8. The number of anilines is 1. The minimum absolute atomic E-state index is 0.0223. The molecule has 3 amide bonds. The highest BCUT2D eigenvalue weighted by molar-refractivity contribution is 5.95. The number of pyridine rings is 1. The topological polar surface area (TPSA) is 179 Å². The van der Waals surface area contributed by atoms with Crippen molar-refractivity contribution in [1.82, 2.24) is 50.2 Å². The summed E-state index contributed by atoms with van der Waals surface area (Å²) in [5, 5.41) is 9.67. The van der Waals surface area contributed by atoms with Crippen molar-refractivity contribution in [3.8, 4) is 11.3 Å². The molecule has 2 saturated carbocycles. The first kappa shape index (κ1) is 55.3. The number of rotatable bonds is 11. The van der Waals surface area contributed by atoms with E-state index in [9.17, 15) is 9.59 Å². The first-order chi connectivity index (χ1) is 39.3. The molecule has 8 fully saturated rings. The summed E-state index contributed by atoms with van der Waals surface area (Å²) in [5.41, 5.74) is 11.6. The molecular weight excluding hydrogens is 1020 g/mol. The average Bonchev–Trinajstić information content (AvgIpc) is 4.44. The Balaban J connectivity index is 0.814. The molecule has 6 saturated heterocycles. The number of hydrazine groups is 1. The number of fused-ring (bicyclic) bond motifs is 7. The van der Waals surface area contributed by atoms with Gasteiger partial charge in [-0.2, -0.15) is 0 Å². The third-order valence-corrected chi connectivity index (χ3v) is 20.6. The molecule has 2 aromatic heterocycles. The van der Waals surface area contributed by atoms with Gasteiger partial charge in [0.25, 0.3) is 5.91 Å². The lowest BCUT2D eigenvalue weighted by molar-refractivity contribution is -0.155. The molecular formula is C63H89N11O7. The molecule has 10 aliphatic rings. The molecule has 1 spiro atoms. The molecule has 9 atom stereocenters. The van der Waals surface area contributed by atoms with Gasteiger partial charge in [0, 0.05) is 119 Å². The largest absolute Gasteiger partial charge is 0.464 e. The van der Waals surface area contributed by atoms with Crippen LogP contribution in [0.5, 0.6) is 0 Å². The van der Waals surface area contributed by atoms with Gasteiger partial charge < -0.3 is 33.9 Å². The van der Waals surface area contributed by atoms with Gasteiger partial charge >= 0.3 is 5.97 Å². The molecule has 18 heteroatoms. The van der Waals surface area contributed by atoms with E-state index in [2.05, 4.69) is 103 Å². The van der Waals surface area contributed by atoms with Gasteiger partial charge in [0.2, 0.25) is 11.8 Å². The Morgan fingerprint density at radius 2 is 1.79 bits per heavy atom. The standard InChI is InChI=1S/C63H89N11O7/c1-6-73-52-18-17-43-29-47(52)49(57(73)48-30-45(32-64-53(48)40(2)79-5)70-26-25-69-27-28-80-36-46(69)34-70)31-62(3,4)39-81-61(78)50-14-10-22-74(67-50)59(76)51(35-68-21-9-13-44(43)33-68)65-58(75)56(42-11-7-8-12-42)71-23-19-63(37-71)20-24-72(38-63)60(77)55-54(66-55)41-15-16-41/h13,17-18,29-30,32,40-42,46,50-51,54-56,66-67H,6-12,14-16,19-28,31,33-39H2,1-5H3,(H,65,75)/t40-,46-,50-,51-,54?,55+,56?,63-/m0/s1. The fourth-order valence-electron chi connectivity index (χ4n) is 15.8. The third kappa shape index (κ3) is 11.1. The predicted octanol–water partition coefficient (Wildman–Crippen LogP) is 5.38. The maximum absolute atomic E-state index is 15.3. The number of morpholine rings is 1. The molecule has 438 valence electrons. The van der Waals surface area contributed by atoms with Gasteiger partial charge in [0.15, 0.2) is 0 Å². The van der Waals surface area contributed by atoms with E-state index in [1.807, 2.05) is 6.20 Å². The van der Waals surface area contributed by atoms with Crippen LogP contribution >= 0.6 is 0 Å². The van der Waals surface area contributed by atoms with Crippen LogP contribution in [0, 0.1) is 22.7 Å².